The van der Waals surface area contributed by atoms with E-state index in [2.05, 4.69) is 15.4 Å². The van der Waals surface area contributed by atoms with Crippen LogP contribution in [0, 0.1) is 17.8 Å². The van der Waals surface area contributed by atoms with Gasteiger partial charge in [-0.3, -0.25) is 24.0 Å². The van der Waals surface area contributed by atoms with E-state index in [1.807, 2.05) is 41.5 Å². The Hall–Kier alpha value is -4.47. The van der Waals surface area contributed by atoms with Gasteiger partial charge < -0.3 is 20.6 Å². The number of phenols is 1. The highest BCUT2D eigenvalue weighted by Gasteiger charge is 2.51. The predicted octanol–water partition coefficient (Wildman–Crippen LogP) is 6.22. The minimum atomic E-state index is -5.17. The van der Waals surface area contributed by atoms with Crippen LogP contribution in [-0.2, 0) is 46.5 Å². The molecule has 0 spiro atoms. The second kappa shape index (κ2) is 17.6. The summed E-state index contributed by atoms with van der Waals surface area (Å²) in [6.45, 7) is 17.7. The molecule has 1 heterocycles. The van der Waals surface area contributed by atoms with Gasteiger partial charge in [0, 0.05) is 11.6 Å². The van der Waals surface area contributed by atoms with Crippen LogP contribution in [-0.4, -0.2) is 78.2 Å². The molecule has 1 aliphatic carbocycles. The molecule has 4 rings (SSSR count). The molecular formula is C43H59F3N4O8S. The number of hydrogen-bond donors (Lipinski definition) is 4. The van der Waals surface area contributed by atoms with Crippen LogP contribution in [0.4, 0.5) is 13.2 Å². The molecule has 0 unspecified atom stereocenters. The Kier molecular flexibility index (Phi) is 14.1. The van der Waals surface area contributed by atoms with Gasteiger partial charge in [-0.15, -0.1) is 0 Å². The van der Waals surface area contributed by atoms with Crippen molar-refractivity contribution in [3.8, 4) is 5.75 Å². The van der Waals surface area contributed by atoms with Crippen molar-refractivity contribution in [3.63, 3.8) is 0 Å². The van der Waals surface area contributed by atoms with E-state index in [0.717, 1.165) is 25.0 Å². The molecule has 5 atom stereocenters. The topological polar surface area (TPSA) is 179 Å². The van der Waals surface area contributed by atoms with Crippen LogP contribution < -0.4 is 15.4 Å². The Morgan fingerprint density at radius 3 is 1.83 bits per heavy atom. The number of nitrogens with one attached hydrogen (secondary N) is 3. The molecule has 12 nitrogen and oxygen atoms in total. The number of sulfonamides is 1. The largest absolute Gasteiger partial charge is 0.507 e. The van der Waals surface area contributed by atoms with Crippen molar-refractivity contribution in [1.82, 2.24) is 20.3 Å². The zero-order chi connectivity index (χ0) is 44.6. The number of ketones is 1. The molecule has 326 valence electrons. The third kappa shape index (κ3) is 11.0. The van der Waals surface area contributed by atoms with Gasteiger partial charge in [0.1, 0.15) is 17.8 Å². The highest BCUT2D eigenvalue weighted by molar-refractivity contribution is 7.90. The Balaban J connectivity index is 1.51. The third-order valence-corrected chi connectivity index (χ3v) is 12.6. The average Bonchev–Trinajstić information content (AvgIpc) is 3.51. The van der Waals surface area contributed by atoms with Crippen molar-refractivity contribution in [2.75, 3.05) is 0 Å². The van der Waals surface area contributed by atoms with Crippen molar-refractivity contribution in [2.24, 2.45) is 17.8 Å². The lowest BCUT2D eigenvalue weighted by atomic mass is 9.78. The van der Waals surface area contributed by atoms with Gasteiger partial charge in [0.25, 0.3) is 21.7 Å². The summed E-state index contributed by atoms with van der Waals surface area (Å²) in [7, 11) is -4.38. The van der Waals surface area contributed by atoms with E-state index in [-0.39, 0.29) is 35.0 Å². The lowest BCUT2D eigenvalue weighted by molar-refractivity contribution is -0.175. The summed E-state index contributed by atoms with van der Waals surface area (Å²) in [4.78, 5) is 68.0. The van der Waals surface area contributed by atoms with Crippen molar-refractivity contribution in [2.45, 2.75) is 154 Å². The monoisotopic (exact) mass is 848 g/mol. The first kappa shape index (κ1) is 47.2. The SMILES string of the molecule is CC(C)[C@H](NC(=O)c1ccc(S(=O)(=O)NC(=O)Cc2cc(C(C)(C)C)c(O)c(C(C)(C)C)c2)cc1)C(=O)N1[C@H](C(=O)N[C@H](C(=O)C(F)(F)F)C(C)C)C[C@@H]2CCCC[C@@H]21. The fourth-order valence-electron chi connectivity index (χ4n) is 8.03. The van der Waals surface area contributed by atoms with Crippen molar-refractivity contribution >= 4 is 39.4 Å². The van der Waals surface area contributed by atoms with E-state index in [1.165, 1.54) is 30.9 Å². The number of Topliss-reactive ketones (excluding diaryl/α,β-unsaturated/α-hetero) is 1. The zero-order valence-electron chi connectivity index (χ0n) is 35.5. The summed E-state index contributed by atoms with van der Waals surface area (Å²) in [5.41, 5.74) is 0.820. The minimum Gasteiger partial charge on any atom is -0.507 e. The molecule has 2 aromatic carbocycles. The first-order valence-corrected chi connectivity index (χ1v) is 21.6. The minimum absolute atomic E-state index is 0.000986. The Morgan fingerprint density at radius 1 is 0.814 bits per heavy atom. The number of nitrogens with zero attached hydrogens (tertiary/aromatic N) is 1. The maximum atomic E-state index is 14.4. The van der Waals surface area contributed by atoms with Crippen LogP contribution in [0.2, 0.25) is 0 Å². The Bertz CT molecular complexity index is 2000. The molecule has 2 aliphatic rings. The summed E-state index contributed by atoms with van der Waals surface area (Å²) >= 11 is 0. The smallest absolute Gasteiger partial charge is 0.452 e. The predicted molar refractivity (Wildman–Crippen MR) is 216 cm³/mol. The second-order valence-corrected chi connectivity index (χ2v) is 20.3. The Labute approximate surface area is 345 Å². The van der Waals surface area contributed by atoms with E-state index in [1.54, 1.807) is 26.0 Å². The number of carbonyl (C=O) groups excluding carboxylic acids is 5. The normalized spacial score (nSPS) is 19.8. The number of hydrogen-bond acceptors (Lipinski definition) is 8. The lowest BCUT2D eigenvalue weighted by Gasteiger charge is -2.37. The van der Waals surface area contributed by atoms with Crippen LogP contribution in [0.1, 0.15) is 128 Å². The molecule has 0 bridgehead atoms. The quantitative estimate of drug-likeness (QED) is 0.195. The number of amides is 4. The highest BCUT2D eigenvalue weighted by atomic mass is 32.2. The molecule has 0 radical (unpaired) electrons. The number of fused-ring (bicyclic) bond motifs is 1. The van der Waals surface area contributed by atoms with Crippen molar-refractivity contribution in [1.29, 1.82) is 0 Å². The number of halogens is 3. The summed E-state index contributed by atoms with van der Waals surface area (Å²) in [5, 5.41) is 16.0. The van der Waals surface area contributed by atoms with E-state index in [9.17, 15) is 50.7 Å². The molecule has 1 saturated heterocycles. The molecule has 59 heavy (non-hydrogen) atoms. The maximum Gasteiger partial charge on any atom is 0.452 e. The van der Waals surface area contributed by atoms with E-state index < -0.39 is 92.4 Å². The molecule has 4 N–H and O–H groups in total. The average molecular weight is 849 g/mol. The fourth-order valence-corrected chi connectivity index (χ4v) is 9.01. The van der Waals surface area contributed by atoms with Gasteiger partial charge in [0.2, 0.25) is 17.7 Å². The first-order valence-electron chi connectivity index (χ1n) is 20.1. The Morgan fingerprint density at radius 2 is 1.34 bits per heavy atom. The van der Waals surface area contributed by atoms with Crippen LogP contribution in [0.3, 0.4) is 0 Å². The number of phenolic OH excluding ortho intramolecular Hbond substituents is 1. The van der Waals surface area contributed by atoms with Gasteiger partial charge in [-0.1, -0.05) is 94.2 Å². The molecule has 2 fully saturated rings. The number of alkyl halides is 3. The van der Waals surface area contributed by atoms with E-state index in [4.69, 9.17) is 0 Å². The number of aromatic hydroxyl groups is 1. The number of benzene rings is 2. The highest BCUT2D eigenvalue weighted by Crippen LogP contribution is 2.42. The van der Waals surface area contributed by atoms with E-state index in [0.29, 0.717) is 29.5 Å². The van der Waals surface area contributed by atoms with Crippen LogP contribution in [0.5, 0.6) is 5.75 Å². The maximum absolute atomic E-state index is 14.4. The van der Waals surface area contributed by atoms with Gasteiger partial charge in [-0.2, -0.15) is 13.2 Å². The number of carbonyl (C=O) groups is 5. The lowest BCUT2D eigenvalue weighted by Crippen LogP contribution is -2.59. The molecule has 4 amide bonds. The van der Waals surface area contributed by atoms with Crippen LogP contribution in [0.25, 0.3) is 0 Å². The summed E-state index contributed by atoms with van der Waals surface area (Å²) < 4.78 is 68.9. The molecule has 16 heteroatoms. The van der Waals surface area contributed by atoms with Gasteiger partial charge >= 0.3 is 6.18 Å². The molecule has 1 saturated carbocycles. The molecule has 0 aromatic heterocycles. The summed E-state index contributed by atoms with van der Waals surface area (Å²) in [5.74, 6) is -6.43. The first-order chi connectivity index (χ1) is 27.0. The van der Waals surface area contributed by atoms with Gasteiger partial charge in [-0.05, 0) is 88.8 Å². The summed E-state index contributed by atoms with van der Waals surface area (Å²) in [6, 6.07) is 3.57. The van der Waals surface area contributed by atoms with Crippen molar-refractivity contribution < 1.29 is 50.7 Å². The number of likely N-dealkylation sites (tertiary alicyclic amines) is 1. The van der Waals surface area contributed by atoms with Gasteiger partial charge in [0.05, 0.1) is 17.4 Å². The van der Waals surface area contributed by atoms with E-state index >= 15 is 0 Å². The van der Waals surface area contributed by atoms with Crippen LogP contribution in [0.15, 0.2) is 41.3 Å². The zero-order valence-corrected chi connectivity index (χ0v) is 36.4. The van der Waals surface area contributed by atoms with Gasteiger partial charge in [0.15, 0.2) is 0 Å². The van der Waals surface area contributed by atoms with Crippen molar-refractivity contribution in [3.05, 3.63) is 58.7 Å². The fraction of sp³-hybridized carbons (Fsp3) is 0.605. The van der Waals surface area contributed by atoms with Crippen LogP contribution >= 0.6 is 0 Å². The third-order valence-electron chi connectivity index (χ3n) is 11.2. The molecular weight excluding hydrogens is 790 g/mol. The molecule has 2 aromatic rings. The summed E-state index contributed by atoms with van der Waals surface area (Å²) in [6.07, 6.45) is -2.38. The second-order valence-electron chi connectivity index (χ2n) is 18.7. The van der Waals surface area contributed by atoms with Gasteiger partial charge in [-0.25, -0.2) is 13.1 Å². The standard InChI is InChI=1S/C43H59F3N4O8S/c1-23(2)34(37(53)43(44,45)46)47-39(55)32-22-27-13-11-12-14-31(27)50(32)40(56)35(24(3)4)48-38(54)26-15-17-28(18-16-26)59(57,58)49-33(51)21-25-19-29(41(5,6)7)36(52)30(20-25)42(8,9)10/h15-20,23-24,27,31-32,34-35,52H,11-14,21-22H2,1-10H3,(H,47,55)(H,48,54)(H,49,51)/t27-,31-,32-,34-,35-/m0/s1. The molecule has 1 aliphatic heterocycles. The number of rotatable bonds is 12.